The summed E-state index contributed by atoms with van der Waals surface area (Å²) < 4.78 is 20.1. The van der Waals surface area contributed by atoms with Crippen molar-refractivity contribution in [2.75, 3.05) is 7.11 Å². The Morgan fingerprint density at radius 2 is 1.91 bits per heavy atom. The number of likely N-dealkylation sites (tertiary alicyclic amines) is 1. The summed E-state index contributed by atoms with van der Waals surface area (Å²) in [5, 5.41) is 11.4. The number of hydrogen-bond acceptors (Lipinski definition) is 5. The van der Waals surface area contributed by atoms with Crippen molar-refractivity contribution >= 4 is 29.1 Å². The quantitative estimate of drug-likeness (QED) is 0.350. The Morgan fingerprint density at radius 3 is 2.59 bits per heavy atom. The second kappa shape index (κ2) is 8.80. The van der Waals surface area contributed by atoms with Crippen molar-refractivity contribution in [3.63, 3.8) is 0 Å². The van der Waals surface area contributed by atoms with Gasteiger partial charge in [0.1, 0.15) is 17.3 Å². The maximum atomic E-state index is 14.8. The van der Waals surface area contributed by atoms with Crippen LogP contribution >= 0.6 is 11.6 Å². The number of nitrogens with zero attached hydrogens (tertiary/aromatic N) is 2. The molecule has 8 heteroatoms. The Hall–Kier alpha value is -3.71. The van der Waals surface area contributed by atoms with E-state index in [1.165, 1.54) is 42.3 Å². The summed E-state index contributed by atoms with van der Waals surface area (Å²) in [6.07, 6.45) is 1.56. The van der Waals surface area contributed by atoms with Crippen LogP contribution in [0, 0.1) is 5.82 Å². The molecule has 1 aromatic heterocycles. The molecule has 1 saturated heterocycles. The largest absolute Gasteiger partial charge is 0.507 e. The number of pyridine rings is 1. The van der Waals surface area contributed by atoms with Gasteiger partial charge in [0, 0.05) is 16.8 Å². The van der Waals surface area contributed by atoms with Gasteiger partial charge < -0.3 is 14.7 Å². The summed E-state index contributed by atoms with van der Waals surface area (Å²) in [6, 6.07) is 14.3. The number of amides is 1. The summed E-state index contributed by atoms with van der Waals surface area (Å²) in [5.41, 5.74) is 0.454. The molecule has 1 fully saturated rings. The van der Waals surface area contributed by atoms with Crippen molar-refractivity contribution in [3.05, 3.63) is 100 Å². The lowest BCUT2D eigenvalue weighted by atomic mass is 9.94. The molecular formula is C24H18ClFN2O4. The van der Waals surface area contributed by atoms with Crippen LogP contribution in [0.3, 0.4) is 0 Å². The second-order valence-corrected chi connectivity index (χ2v) is 7.55. The Bertz CT molecular complexity index is 1230. The van der Waals surface area contributed by atoms with Gasteiger partial charge in [0.15, 0.2) is 0 Å². The van der Waals surface area contributed by atoms with Crippen LogP contribution < -0.4 is 4.74 Å². The molecule has 162 valence electrons. The van der Waals surface area contributed by atoms with Crippen molar-refractivity contribution in [1.29, 1.82) is 0 Å². The molecule has 0 saturated carbocycles. The summed E-state index contributed by atoms with van der Waals surface area (Å²) >= 11 is 6.08. The molecule has 0 spiro atoms. The van der Waals surface area contributed by atoms with E-state index in [0.717, 1.165) is 0 Å². The van der Waals surface area contributed by atoms with E-state index in [4.69, 9.17) is 16.3 Å². The van der Waals surface area contributed by atoms with Gasteiger partial charge in [-0.3, -0.25) is 14.6 Å². The third-order valence-corrected chi connectivity index (χ3v) is 5.45. The number of aliphatic hydroxyl groups is 1. The lowest BCUT2D eigenvalue weighted by Gasteiger charge is -2.25. The molecule has 1 unspecified atom stereocenters. The summed E-state index contributed by atoms with van der Waals surface area (Å²) in [7, 11) is 1.40. The minimum absolute atomic E-state index is 0.0477. The molecule has 0 radical (unpaired) electrons. The standard InChI is InChI=1S/C24H18ClFN2O4/c1-32-19-10-9-14(25)12-17(19)22(29)20-21(16-7-2-3-8-18(16)26)28(24(31)23(20)30)13-15-6-4-5-11-27-15/h2-12,21,29H,13H2,1H3/b22-20+. The second-order valence-electron chi connectivity index (χ2n) is 7.11. The molecule has 2 aromatic carbocycles. The highest BCUT2D eigenvalue weighted by Crippen LogP contribution is 2.42. The fourth-order valence-electron chi connectivity index (χ4n) is 3.74. The van der Waals surface area contributed by atoms with Gasteiger partial charge in [-0.15, -0.1) is 0 Å². The Balaban J connectivity index is 1.93. The molecule has 1 aliphatic rings. The molecule has 1 atom stereocenters. The minimum Gasteiger partial charge on any atom is -0.507 e. The summed E-state index contributed by atoms with van der Waals surface area (Å²) in [5.74, 6) is -2.68. The van der Waals surface area contributed by atoms with Gasteiger partial charge in [-0.2, -0.15) is 0 Å². The van der Waals surface area contributed by atoms with E-state index < -0.39 is 29.3 Å². The zero-order valence-electron chi connectivity index (χ0n) is 17.0. The normalized spacial score (nSPS) is 17.6. The number of Topliss-reactive ketones (excluding diaryl/α,β-unsaturated/α-hetero) is 1. The van der Waals surface area contributed by atoms with Gasteiger partial charge in [-0.05, 0) is 36.4 Å². The zero-order chi connectivity index (χ0) is 22.8. The topological polar surface area (TPSA) is 79.7 Å². The van der Waals surface area contributed by atoms with E-state index in [1.54, 1.807) is 36.5 Å². The van der Waals surface area contributed by atoms with Gasteiger partial charge in [0.2, 0.25) is 0 Å². The minimum atomic E-state index is -1.16. The van der Waals surface area contributed by atoms with Gasteiger partial charge in [0.25, 0.3) is 11.7 Å². The van der Waals surface area contributed by atoms with Crippen LogP contribution in [0.5, 0.6) is 5.75 Å². The SMILES string of the molecule is COc1ccc(Cl)cc1/C(O)=C1\C(=O)C(=O)N(Cc2ccccn2)C1c1ccccc1F. The first-order valence-electron chi connectivity index (χ1n) is 9.69. The Morgan fingerprint density at radius 1 is 1.16 bits per heavy atom. The number of carbonyl (C=O) groups excluding carboxylic acids is 2. The van der Waals surface area contributed by atoms with E-state index >= 15 is 0 Å². The van der Waals surface area contributed by atoms with Crippen molar-refractivity contribution < 1.29 is 23.8 Å². The van der Waals surface area contributed by atoms with Gasteiger partial charge in [-0.1, -0.05) is 35.9 Å². The first-order chi connectivity index (χ1) is 15.4. The van der Waals surface area contributed by atoms with Crippen molar-refractivity contribution in [2.24, 2.45) is 0 Å². The molecular weight excluding hydrogens is 435 g/mol. The average molecular weight is 453 g/mol. The van der Waals surface area contributed by atoms with Crippen LogP contribution in [0.2, 0.25) is 5.02 Å². The molecule has 1 aliphatic heterocycles. The van der Waals surface area contributed by atoms with Crippen molar-refractivity contribution in [2.45, 2.75) is 12.6 Å². The molecule has 1 amide bonds. The number of rotatable bonds is 5. The summed E-state index contributed by atoms with van der Waals surface area (Å²) in [6.45, 7) is -0.0477. The third-order valence-electron chi connectivity index (χ3n) is 5.21. The third kappa shape index (κ3) is 3.83. The van der Waals surface area contributed by atoms with Gasteiger partial charge >= 0.3 is 0 Å². The van der Waals surface area contributed by atoms with E-state index in [2.05, 4.69) is 4.98 Å². The van der Waals surface area contributed by atoms with Gasteiger partial charge in [-0.25, -0.2) is 4.39 Å². The highest BCUT2D eigenvalue weighted by Gasteiger charge is 2.47. The molecule has 0 bridgehead atoms. The predicted molar refractivity (Wildman–Crippen MR) is 116 cm³/mol. The summed E-state index contributed by atoms with van der Waals surface area (Å²) in [4.78, 5) is 31.5. The Labute approximate surface area is 188 Å². The van der Waals surface area contributed by atoms with E-state index in [-0.39, 0.29) is 34.0 Å². The molecule has 6 nitrogen and oxygen atoms in total. The van der Waals surface area contributed by atoms with Crippen LogP contribution in [-0.2, 0) is 16.1 Å². The number of benzene rings is 2. The number of carbonyl (C=O) groups is 2. The van der Waals surface area contributed by atoms with Crippen LogP contribution in [0.15, 0.2) is 72.4 Å². The highest BCUT2D eigenvalue weighted by molar-refractivity contribution is 6.46. The van der Waals surface area contributed by atoms with Crippen LogP contribution in [0.1, 0.15) is 22.9 Å². The van der Waals surface area contributed by atoms with E-state index in [0.29, 0.717) is 5.69 Å². The van der Waals surface area contributed by atoms with Crippen molar-refractivity contribution in [1.82, 2.24) is 9.88 Å². The van der Waals surface area contributed by atoms with Gasteiger partial charge in [0.05, 0.1) is 36.5 Å². The zero-order valence-corrected chi connectivity index (χ0v) is 17.7. The van der Waals surface area contributed by atoms with Crippen LogP contribution in [0.4, 0.5) is 4.39 Å². The molecule has 4 rings (SSSR count). The first-order valence-corrected chi connectivity index (χ1v) is 10.1. The molecule has 0 aliphatic carbocycles. The lowest BCUT2D eigenvalue weighted by Crippen LogP contribution is -2.30. The molecule has 1 N–H and O–H groups in total. The average Bonchev–Trinajstić information content (AvgIpc) is 3.04. The van der Waals surface area contributed by atoms with Crippen LogP contribution in [0.25, 0.3) is 5.76 Å². The maximum Gasteiger partial charge on any atom is 0.296 e. The number of aliphatic hydroxyl groups excluding tert-OH is 1. The number of ether oxygens (including phenoxy) is 1. The fourth-order valence-corrected chi connectivity index (χ4v) is 3.91. The predicted octanol–water partition coefficient (Wildman–Crippen LogP) is 4.50. The number of methoxy groups -OCH3 is 1. The smallest absolute Gasteiger partial charge is 0.296 e. The van der Waals surface area contributed by atoms with Crippen molar-refractivity contribution in [3.8, 4) is 5.75 Å². The van der Waals surface area contributed by atoms with Crippen LogP contribution in [-0.4, -0.2) is 33.8 Å². The first kappa shape index (κ1) is 21.5. The molecule has 2 heterocycles. The van der Waals surface area contributed by atoms with E-state index in [9.17, 15) is 19.1 Å². The molecule has 32 heavy (non-hydrogen) atoms. The number of aromatic nitrogens is 1. The lowest BCUT2D eigenvalue weighted by molar-refractivity contribution is -0.140. The number of hydrogen-bond donors (Lipinski definition) is 1. The molecule has 3 aromatic rings. The number of halogens is 2. The Kier molecular flexibility index (Phi) is 5.92. The number of ketones is 1. The highest BCUT2D eigenvalue weighted by atomic mass is 35.5. The fraction of sp³-hybridized carbons (Fsp3) is 0.125. The monoisotopic (exact) mass is 452 g/mol. The van der Waals surface area contributed by atoms with E-state index in [1.807, 2.05) is 0 Å². The maximum absolute atomic E-state index is 14.8.